The molecule has 222 valence electrons. The van der Waals surface area contributed by atoms with Crippen molar-refractivity contribution in [3.63, 3.8) is 0 Å². The first-order chi connectivity index (χ1) is 20.1. The van der Waals surface area contributed by atoms with Gasteiger partial charge in [-0.3, -0.25) is 14.4 Å². The van der Waals surface area contributed by atoms with E-state index in [0.29, 0.717) is 22.7 Å². The maximum atomic E-state index is 15.0. The van der Waals surface area contributed by atoms with Crippen LogP contribution in [-0.4, -0.2) is 64.8 Å². The Labute approximate surface area is 251 Å². The van der Waals surface area contributed by atoms with Gasteiger partial charge in [0.05, 0.1) is 34.9 Å². The number of likely N-dealkylation sites (tertiary alicyclic amines) is 1. The molecule has 3 heterocycles. The first-order valence-corrected chi connectivity index (χ1v) is 14.6. The number of halogens is 1. The van der Waals surface area contributed by atoms with Crippen LogP contribution in [-0.2, 0) is 23.9 Å². The van der Waals surface area contributed by atoms with Gasteiger partial charge in [0.2, 0.25) is 5.91 Å². The smallest absolute Gasteiger partial charge is 0.313 e. The molecule has 42 heavy (non-hydrogen) atoms. The van der Waals surface area contributed by atoms with Crippen LogP contribution in [0.2, 0.25) is 5.02 Å². The fraction of sp³-hybridized carbons (Fsp3) is 0.424. The number of benzene rings is 2. The Hall–Kier alpha value is -3.46. The van der Waals surface area contributed by atoms with E-state index in [-0.39, 0.29) is 19.1 Å². The van der Waals surface area contributed by atoms with Crippen LogP contribution in [0, 0.1) is 24.7 Å². The summed E-state index contributed by atoms with van der Waals surface area (Å²) in [6.07, 6.45) is 3.44. The number of ether oxygens (including phenoxy) is 2. The van der Waals surface area contributed by atoms with Gasteiger partial charge in [-0.05, 0) is 43.4 Å². The number of fused-ring (bicyclic) bond motifs is 1. The molecule has 3 aliphatic rings. The van der Waals surface area contributed by atoms with E-state index in [1.54, 1.807) is 30.3 Å². The van der Waals surface area contributed by atoms with Gasteiger partial charge in [0.1, 0.15) is 24.2 Å². The standard InChI is InChI=1S/C33H37ClN2O6/c1-6-16-35(27-20(3)12-11-15-23(27)34)30(39)28-33-18-21(4)32(5,42-33)26(31(40)41-17-7-2)25(33)29(38)36(28)24(19-37)22-13-9-8-10-14-22/h6-15,21,24-26,28,37H,1-2,16-19H2,3-5H3/t21?,24-,25+,26+,28?,32-,33?/m1/s1. The van der Waals surface area contributed by atoms with E-state index >= 15 is 0 Å². The molecule has 9 heteroatoms. The number of esters is 1. The monoisotopic (exact) mass is 592 g/mol. The van der Waals surface area contributed by atoms with Gasteiger partial charge in [0, 0.05) is 6.54 Å². The largest absolute Gasteiger partial charge is 0.461 e. The van der Waals surface area contributed by atoms with Crippen LogP contribution in [0.3, 0.4) is 0 Å². The van der Waals surface area contributed by atoms with Crippen molar-refractivity contribution in [2.45, 2.75) is 50.5 Å². The maximum absolute atomic E-state index is 15.0. The van der Waals surface area contributed by atoms with E-state index < -0.39 is 59.5 Å². The molecule has 2 bridgehead atoms. The second-order valence-corrected chi connectivity index (χ2v) is 12.0. The number of carbonyl (C=O) groups is 3. The second-order valence-electron chi connectivity index (χ2n) is 11.6. The lowest BCUT2D eigenvalue weighted by atomic mass is 9.62. The molecule has 3 fully saturated rings. The number of amides is 2. The lowest BCUT2D eigenvalue weighted by Gasteiger charge is -2.40. The van der Waals surface area contributed by atoms with Gasteiger partial charge in [0.25, 0.3) is 5.91 Å². The third-order valence-electron chi connectivity index (χ3n) is 9.31. The summed E-state index contributed by atoms with van der Waals surface area (Å²) in [5.74, 6) is -3.52. The van der Waals surface area contributed by atoms with Crippen LogP contribution >= 0.6 is 11.6 Å². The third-order valence-corrected chi connectivity index (χ3v) is 9.62. The molecule has 2 aromatic rings. The normalized spacial score (nSPS) is 30.1. The average Bonchev–Trinajstić information content (AvgIpc) is 3.48. The molecule has 0 saturated carbocycles. The van der Waals surface area contributed by atoms with Gasteiger partial charge in [-0.2, -0.15) is 0 Å². The Morgan fingerprint density at radius 1 is 1.21 bits per heavy atom. The van der Waals surface area contributed by atoms with E-state index in [1.165, 1.54) is 15.9 Å². The molecule has 3 saturated heterocycles. The zero-order chi connectivity index (χ0) is 30.4. The van der Waals surface area contributed by atoms with Crippen LogP contribution < -0.4 is 4.90 Å². The van der Waals surface area contributed by atoms with Crippen molar-refractivity contribution in [2.75, 3.05) is 24.7 Å². The number of para-hydroxylation sites is 1. The predicted octanol–water partition coefficient (Wildman–Crippen LogP) is 4.64. The third kappa shape index (κ3) is 4.39. The van der Waals surface area contributed by atoms with Crippen LogP contribution in [0.1, 0.15) is 37.4 Å². The molecule has 8 nitrogen and oxygen atoms in total. The zero-order valence-corrected chi connectivity index (χ0v) is 24.9. The summed E-state index contributed by atoms with van der Waals surface area (Å²) in [5.41, 5.74) is -0.436. The molecule has 7 atom stereocenters. The second kappa shape index (κ2) is 11.3. The van der Waals surface area contributed by atoms with Crippen molar-refractivity contribution < 1.29 is 29.0 Å². The number of hydrogen-bond acceptors (Lipinski definition) is 6. The fourth-order valence-corrected chi connectivity index (χ4v) is 7.77. The summed E-state index contributed by atoms with van der Waals surface area (Å²) >= 11 is 6.66. The minimum Gasteiger partial charge on any atom is -0.461 e. The van der Waals surface area contributed by atoms with Gasteiger partial charge in [0.15, 0.2) is 0 Å². The predicted molar refractivity (Wildman–Crippen MR) is 160 cm³/mol. The van der Waals surface area contributed by atoms with Crippen molar-refractivity contribution >= 4 is 35.1 Å². The van der Waals surface area contributed by atoms with Crippen molar-refractivity contribution in [3.05, 3.63) is 90.0 Å². The minimum atomic E-state index is -1.34. The van der Waals surface area contributed by atoms with Crippen molar-refractivity contribution in [3.8, 4) is 0 Å². The van der Waals surface area contributed by atoms with Crippen molar-refractivity contribution in [1.29, 1.82) is 0 Å². The number of carbonyl (C=O) groups excluding carboxylic acids is 3. The van der Waals surface area contributed by atoms with Crippen LogP contribution in [0.15, 0.2) is 73.8 Å². The summed E-state index contributed by atoms with van der Waals surface area (Å²) in [6, 6.07) is 12.4. The Bertz CT molecular complexity index is 1390. The molecule has 0 aliphatic carbocycles. The molecule has 5 rings (SSSR count). The number of hydrogen-bond donors (Lipinski definition) is 1. The number of aliphatic hydroxyl groups excluding tert-OH is 1. The summed E-state index contributed by atoms with van der Waals surface area (Å²) in [5, 5.41) is 11.1. The van der Waals surface area contributed by atoms with Gasteiger partial charge >= 0.3 is 5.97 Å². The molecule has 1 N–H and O–H groups in total. The number of aliphatic hydroxyl groups is 1. The molecular weight excluding hydrogens is 556 g/mol. The molecule has 0 aromatic heterocycles. The Morgan fingerprint density at radius 2 is 1.93 bits per heavy atom. The average molecular weight is 593 g/mol. The highest BCUT2D eigenvalue weighted by atomic mass is 35.5. The SMILES string of the molecule is C=CCOC(=O)[C@@H]1[C@H]2C(=O)N([C@H](CO)c3ccccc3)C(C(=O)N(CC=C)c3c(C)cccc3Cl)C23CC(C)[C@@]1(C)O3. The van der Waals surface area contributed by atoms with Gasteiger partial charge < -0.3 is 24.4 Å². The highest BCUT2D eigenvalue weighted by Gasteiger charge is 2.81. The summed E-state index contributed by atoms with van der Waals surface area (Å²) in [6.45, 7) is 12.8. The van der Waals surface area contributed by atoms with Crippen LogP contribution in [0.5, 0.6) is 0 Å². The lowest BCUT2D eigenvalue weighted by Crippen LogP contribution is -2.57. The minimum absolute atomic E-state index is 0.0120. The molecule has 3 unspecified atom stereocenters. The summed E-state index contributed by atoms with van der Waals surface area (Å²) in [4.78, 5) is 46.1. The Kier molecular flexibility index (Phi) is 8.09. The van der Waals surface area contributed by atoms with E-state index in [4.69, 9.17) is 21.1 Å². The highest BCUT2D eigenvalue weighted by Crippen LogP contribution is 2.66. The number of aryl methyl sites for hydroxylation is 1. The van der Waals surface area contributed by atoms with Crippen LogP contribution in [0.4, 0.5) is 5.69 Å². The number of rotatable bonds is 10. The van der Waals surface area contributed by atoms with E-state index in [9.17, 15) is 19.5 Å². The number of nitrogens with zero attached hydrogens (tertiary/aromatic N) is 2. The summed E-state index contributed by atoms with van der Waals surface area (Å²) in [7, 11) is 0. The van der Waals surface area contributed by atoms with Gasteiger partial charge in [-0.1, -0.05) is 79.7 Å². The van der Waals surface area contributed by atoms with E-state index in [2.05, 4.69) is 13.2 Å². The quantitative estimate of drug-likeness (QED) is 0.319. The molecular formula is C33H37ClN2O6. The van der Waals surface area contributed by atoms with Crippen LogP contribution in [0.25, 0.3) is 0 Å². The molecule has 1 spiro atoms. The van der Waals surface area contributed by atoms with Crippen molar-refractivity contribution in [2.24, 2.45) is 17.8 Å². The highest BCUT2D eigenvalue weighted by molar-refractivity contribution is 6.34. The topological polar surface area (TPSA) is 96.4 Å². The van der Waals surface area contributed by atoms with E-state index in [0.717, 1.165) is 5.56 Å². The molecule has 2 amide bonds. The Morgan fingerprint density at radius 3 is 2.55 bits per heavy atom. The summed E-state index contributed by atoms with van der Waals surface area (Å²) < 4.78 is 12.3. The fourth-order valence-electron chi connectivity index (χ4n) is 7.44. The lowest BCUT2D eigenvalue weighted by molar-refractivity contribution is -0.161. The first kappa shape index (κ1) is 30.0. The van der Waals surface area contributed by atoms with Gasteiger partial charge in [-0.25, -0.2) is 0 Å². The van der Waals surface area contributed by atoms with E-state index in [1.807, 2.05) is 45.0 Å². The molecule has 3 aliphatic heterocycles. The van der Waals surface area contributed by atoms with Crippen molar-refractivity contribution in [1.82, 2.24) is 4.90 Å². The number of anilines is 1. The Balaban J connectivity index is 1.71. The van der Waals surface area contributed by atoms with Gasteiger partial charge in [-0.15, -0.1) is 6.58 Å². The molecule has 0 radical (unpaired) electrons. The zero-order valence-electron chi connectivity index (χ0n) is 24.2. The maximum Gasteiger partial charge on any atom is 0.313 e. The molecule has 2 aromatic carbocycles. The first-order valence-electron chi connectivity index (χ1n) is 14.2.